The molecule has 2 aliphatic rings. The van der Waals surface area contributed by atoms with Gasteiger partial charge in [0.05, 0.1) is 12.0 Å². The summed E-state index contributed by atoms with van der Waals surface area (Å²) in [6.45, 7) is 3.27. The Labute approximate surface area is 88.0 Å². The van der Waals surface area contributed by atoms with E-state index in [1.54, 1.807) is 4.90 Å². The van der Waals surface area contributed by atoms with Crippen molar-refractivity contribution >= 4 is 11.9 Å². The van der Waals surface area contributed by atoms with E-state index in [1.807, 2.05) is 0 Å². The van der Waals surface area contributed by atoms with Crippen molar-refractivity contribution in [1.29, 1.82) is 0 Å². The molecule has 84 valence electrons. The lowest BCUT2D eigenvalue weighted by atomic mass is 9.74. The second kappa shape index (κ2) is 3.48. The number of rotatable bonds is 1. The Kier molecular flexibility index (Phi) is 2.42. The molecule has 0 saturated carbocycles. The van der Waals surface area contributed by atoms with Gasteiger partial charge in [-0.1, -0.05) is 0 Å². The molecule has 1 N–H and O–H groups in total. The molecular formula is C10H15NO4. The molecule has 0 aromatic rings. The molecule has 2 saturated heterocycles. The summed E-state index contributed by atoms with van der Waals surface area (Å²) in [7, 11) is 0. The first kappa shape index (κ1) is 10.4. The quantitative estimate of drug-likeness (QED) is 0.663. The molecule has 2 rings (SSSR count). The molecule has 2 aliphatic heterocycles. The van der Waals surface area contributed by atoms with Gasteiger partial charge in [0.1, 0.15) is 0 Å². The highest BCUT2D eigenvalue weighted by atomic mass is 16.5. The predicted octanol–water partition coefficient (Wildman–Crippen LogP) is -0.0440. The van der Waals surface area contributed by atoms with Crippen molar-refractivity contribution in [2.75, 3.05) is 26.3 Å². The summed E-state index contributed by atoms with van der Waals surface area (Å²) in [5.74, 6) is -0.891. The van der Waals surface area contributed by atoms with Gasteiger partial charge in [0.2, 0.25) is 5.91 Å². The third-order valence-electron chi connectivity index (χ3n) is 3.58. The predicted molar refractivity (Wildman–Crippen MR) is 51.2 cm³/mol. The van der Waals surface area contributed by atoms with Crippen LogP contribution < -0.4 is 0 Å². The monoisotopic (exact) mass is 213 g/mol. The van der Waals surface area contributed by atoms with Crippen LogP contribution in [-0.2, 0) is 14.3 Å². The Morgan fingerprint density at radius 1 is 1.53 bits per heavy atom. The van der Waals surface area contributed by atoms with Crippen molar-refractivity contribution in [3.63, 3.8) is 0 Å². The zero-order valence-corrected chi connectivity index (χ0v) is 8.73. The molecule has 0 bridgehead atoms. The molecule has 2 heterocycles. The minimum absolute atomic E-state index is 0.0485. The number of nitrogens with zero attached hydrogens (tertiary/aromatic N) is 1. The van der Waals surface area contributed by atoms with Gasteiger partial charge in [-0.15, -0.1) is 0 Å². The number of aliphatic carboxylic acids is 1. The van der Waals surface area contributed by atoms with Crippen LogP contribution in [0.5, 0.6) is 0 Å². The van der Waals surface area contributed by atoms with E-state index in [1.165, 1.54) is 6.92 Å². The molecule has 15 heavy (non-hydrogen) atoms. The Hall–Kier alpha value is -1.10. The zero-order chi connectivity index (χ0) is 11.1. The summed E-state index contributed by atoms with van der Waals surface area (Å²) in [6, 6.07) is 0. The molecule has 2 fully saturated rings. The molecule has 0 aromatic heterocycles. The molecule has 1 amide bonds. The number of fused-ring (bicyclic) bond motifs is 1. The van der Waals surface area contributed by atoms with Gasteiger partial charge in [-0.3, -0.25) is 9.59 Å². The number of carboxylic acids is 1. The maximum Gasteiger partial charge on any atom is 0.311 e. The van der Waals surface area contributed by atoms with Gasteiger partial charge in [-0.05, 0) is 6.42 Å². The van der Waals surface area contributed by atoms with E-state index in [-0.39, 0.29) is 11.8 Å². The van der Waals surface area contributed by atoms with Crippen molar-refractivity contribution < 1.29 is 19.4 Å². The zero-order valence-electron chi connectivity index (χ0n) is 8.73. The first-order valence-electron chi connectivity index (χ1n) is 5.13. The highest BCUT2D eigenvalue weighted by Crippen LogP contribution is 2.42. The van der Waals surface area contributed by atoms with Crippen LogP contribution in [0.2, 0.25) is 0 Å². The Morgan fingerprint density at radius 3 is 2.80 bits per heavy atom. The lowest BCUT2D eigenvalue weighted by Crippen LogP contribution is -2.45. The van der Waals surface area contributed by atoms with Gasteiger partial charge in [-0.2, -0.15) is 0 Å². The summed E-state index contributed by atoms with van der Waals surface area (Å²) in [5, 5.41) is 9.31. The van der Waals surface area contributed by atoms with Crippen LogP contribution in [0.3, 0.4) is 0 Å². The van der Waals surface area contributed by atoms with Crippen molar-refractivity contribution in [2.24, 2.45) is 11.3 Å². The number of carboxylic acid groups (broad SMARTS) is 1. The SMILES string of the molecule is CC(=O)N1C[C@H]2COCC[C@@]2(C(=O)O)C1. The molecule has 0 aromatic carbocycles. The summed E-state index contributed by atoms with van der Waals surface area (Å²) in [5.41, 5.74) is -0.760. The molecule has 5 heteroatoms. The minimum atomic E-state index is -0.792. The highest BCUT2D eigenvalue weighted by Gasteiger charge is 2.54. The third kappa shape index (κ3) is 1.51. The van der Waals surface area contributed by atoms with Crippen molar-refractivity contribution in [2.45, 2.75) is 13.3 Å². The first-order valence-corrected chi connectivity index (χ1v) is 5.13. The molecule has 0 unspecified atom stereocenters. The van der Waals surface area contributed by atoms with Gasteiger partial charge >= 0.3 is 5.97 Å². The summed E-state index contributed by atoms with van der Waals surface area (Å²) < 4.78 is 5.29. The first-order chi connectivity index (χ1) is 7.06. The average Bonchev–Trinajstić information content (AvgIpc) is 2.58. The van der Waals surface area contributed by atoms with E-state index in [4.69, 9.17) is 4.74 Å². The van der Waals surface area contributed by atoms with Crippen LogP contribution in [0.25, 0.3) is 0 Å². The van der Waals surface area contributed by atoms with Crippen LogP contribution in [0, 0.1) is 11.3 Å². The number of likely N-dealkylation sites (tertiary alicyclic amines) is 1. The molecule has 5 nitrogen and oxygen atoms in total. The Morgan fingerprint density at radius 2 is 2.27 bits per heavy atom. The number of ether oxygens (including phenoxy) is 1. The van der Waals surface area contributed by atoms with Crippen LogP contribution in [-0.4, -0.2) is 48.2 Å². The van der Waals surface area contributed by atoms with E-state index >= 15 is 0 Å². The topological polar surface area (TPSA) is 66.8 Å². The van der Waals surface area contributed by atoms with E-state index < -0.39 is 11.4 Å². The van der Waals surface area contributed by atoms with Gasteiger partial charge in [0.15, 0.2) is 0 Å². The molecule has 0 radical (unpaired) electrons. The normalized spacial score (nSPS) is 35.0. The summed E-state index contributed by atoms with van der Waals surface area (Å²) >= 11 is 0. The maximum atomic E-state index is 11.3. The minimum Gasteiger partial charge on any atom is -0.481 e. The van der Waals surface area contributed by atoms with E-state index in [0.29, 0.717) is 32.7 Å². The van der Waals surface area contributed by atoms with Crippen molar-refractivity contribution in [3.8, 4) is 0 Å². The van der Waals surface area contributed by atoms with E-state index in [0.717, 1.165) is 0 Å². The van der Waals surface area contributed by atoms with Gasteiger partial charge in [-0.25, -0.2) is 0 Å². The highest BCUT2D eigenvalue weighted by molar-refractivity contribution is 5.80. The maximum absolute atomic E-state index is 11.3. The third-order valence-corrected chi connectivity index (χ3v) is 3.58. The fourth-order valence-electron chi connectivity index (χ4n) is 2.54. The molecule has 2 atom stereocenters. The summed E-state index contributed by atoms with van der Waals surface area (Å²) in [4.78, 5) is 24.2. The van der Waals surface area contributed by atoms with E-state index in [2.05, 4.69) is 0 Å². The number of hydrogen-bond acceptors (Lipinski definition) is 3. The number of hydrogen-bond donors (Lipinski definition) is 1. The van der Waals surface area contributed by atoms with Gasteiger partial charge < -0.3 is 14.7 Å². The number of amides is 1. The van der Waals surface area contributed by atoms with Crippen LogP contribution >= 0.6 is 0 Å². The van der Waals surface area contributed by atoms with Crippen LogP contribution in [0.4, 0.5) is 0 Å². The average molecular weight is 213 g/mol. The standard InChI is InChI=1S/C10H15NO4/c1-7(12)11-4-8-5-15-3-2-10(8,6-11)9(13)14/h8H,2-6H2,1H3,(H,13,14)/t8-,10+/m0/s1. The molecule has 0 aliphatic carbocycles. The fraction of sp³-hybridized carbons (Fsp3) is 0.800. The molecule has 0 spiro atoms. The Balaban J connectivity index is 2.24. The largest absolute Gasteiger partial charge is 0.481 e. The lowest BCUT2D eigenvalue weighted by Gasteiger charge is -2.33. The van der Waals surface area contributed by atoms with Crippen molar-refractivity contribution in [1.82, 2.24) is 4.90 Å². The smallest absolute Gasteiger partial charge is 0.311 e. The summed E-state index contributed by atoms with van der Waals surface area (Å²) in [6.07, 6.45) is 0.511. The number of carbonyl (C=O) groups is 2. The Bertz CT molecular complexity index is 304. The van der Waals surface area contributed by atoms with E-state index in [9.17, 15) is 14.7 Å². The fourth-order valence-corrected chi connectivity index (χ4v) is 2.54. The van der Waals surface area contributed by atoms with Crippen molar-refractivity contribution in [3.05, 3.63) is 0 Å². The van der Waals surface area contributed by atoms with Crippen LogP contribution in [0.15, 0.2) is 0 Å². The number of carbonyl (C=O) groups excluding carboxylic acids is 1. The van der Waals surface area contributed by atoms with Crippen LogP contribution in [0.1, 0.15) is 13.3 Å². The second-order valence-electron chi connectivity index (χ2n) is 4.38. The second-order valence-corrected chi connectivity index (χ2v) is 4.38. The molecular weight excluding hydrogens is 198 g/mol. The lowest BCUT2D eigenvalue weighted by molar-refractivity contribution is -0.157. The van der Waals surface area contributed by atoms with Gasteiger partial charge in [0.25, 0.3) is 0 Å². The van der Waals surface area contributed by atoms with Gasteiger partial charge in [0, 0.05) is 32.5 Å².